The lowest BCUT2D eigenvalue weighted by atomic mass is 10.1. The Kier molecular flexibility index (Phi) is 4.58. The molecule has 7 heteroatoms. The van der Waals surface area contributed by atoms with Crippen molar-refractivity contribution in [2.24, 2.45) is 0 Å². The number of carbonyl (C=O) groups excluding carboxylic acids is 1. The Morgan fingerprint density at radius 3 is 2.52 bits per heavy atom. The van der Waals surface area contributed by atoms with E-state index in [0.29, 0.717) is 30.2 Å². The number of aromatic amines is 1. The minimum atomic E-state index is -0.0289. The van der Waals surface area contributed by atoms with Gasteiger partial charge in [0.25, 0.3) is 5.91 Å². The number of para-hydroxylation sites is 2. The molecule has 4 rings (SSSR count). The first kappa shape index (κ1) is 17.2. The van der Waals surface area contributed by atoms with Crippen molar-refractivity contribution in [3.05, 3.63) is 48.0 Å². The van der Waals surface area contributed by atoms with Gasteiger partial charge in [-0.25, -0.2) is 4.98 Å². The third-order valence-corrected chi connectivity index (χ3v) is 4.88. The van der Waals surface area contributed by atoms with Gasteiger partial charge in [-0.15, -0.1) is 0 Å². The van der Waals surface area contributed by atoms with Crippen molar-refractivity contribution in [1.29, 1.82) is 0 Å². The fraction of sp³-hybridized carbons (Fsp3) is 0.300. The van der Waals surface area contributed by atoms with E-state index < -0.39 is 0 Å². The number of nitrogens with zero attached hydrogens (tertiary/aromatic N) is 3. The fourth-order valence-corrected chi connectivity index (χ4v) is 3.36. The van der Waals surface area contributed by atoms with Crippen LogP contribution in [-0.2, 0) is 0 Å². The topological polar surface area (TPSA) is 70.7 Å². The molecule has 1 N–H and O–H groups in total. The lowest BCUT2D eigenvalue weighted by Crippen LogP contribution is -2.49. The molecule has 1 fully saturated rings. The first-order valence-electron chi connectivity index (χ1n) is 8.90. The summed E-state index contributed by atoms with van der Waals surface area (Å²) in [6, 6.07) is 13.2. The summed E-state index contributed by atoms with van der Waals surface area (Å²) in [6.45, 7) is 2.71. The molecule has 1 aliphatic heterocycles. The molecule has 1 saturated heterocycles. The molecule has 1 amide bonds. The van der Waals surface area contributed by atoms with Gasteiger partial charge in [0.15, 0.2) is 0 Å². The average Bonchev–Trinajstić information content (AvgIpc) is 3.17. The Balaban J connectivity index is 1.46. The summed E-state index contributed by atoms with van der Waals surface area (Å²) >= 11 is 0. The van der Waals surface area contributed by atoms with E-state index in [2.05, 4.69) is 14.9 Å². The molecule has 0 radical (unpaired) electrons. The number of methoxy groups -OCH3 is 2. The highest BCUT2D eigenvalue weighted by Gasteiger charge is 2.25. The number of anilines is 1. The second kappa shape index (κ2) is 7.19. The van der Waals surface area contributed by atoms with E-state index in [1.54, 1.807) is 32.4 Å². The van der Waals surface area contributed by atoms with Crippen molar-refractivity contribution in [2.45, 2.75) is 0 Å². The highest BCUT2D eigenvalue weighted by Crippen LogP contribution is 2.26. The third-order valence-electron chi connectivity index (χ3n) is 4.88. The molecular weight excluding hydrogens is 344 g/mol. The van der Waals surface area contributed by atoms with Gasteiger partial charge in [0.2, 0.25) is 5.95 Å². The standard InChI is InChI=1S/C20H22N4O3/c1-26-14-7-8-15(18(13-14)27-2)19(25)23-9-11-24(12-10-23)20-21-16-5-3-4-6-17(16)22-20/h3-8,13H,9-12H2,1-2H3,(H,21,22). The average molecular weight is 366 g/mol. The third kappa shape index (κ3) is 3.28. The van der Waals surface area contributed by atoms with Gasteiger partial charge < -0.3 is 24.3 Å². The lowest BCUT2D eigenvalue weighted by molar-refractivity contribution is 0.0743. The molecule has 0 aliphatic carbocycles. The summed E-state index contributed by atoms with van der Waals surface area (Å²) in [7, 11) is 3.15. The molecule has 0 unspecified atom stereocenters. The zero-order valence-electron chi connectivity index (χ0n) is 15.4. The van der Waals surface area contributed by atoms with Crippen LogP contribution in [0.1, 0.15) is 10.4 Å². The van der Waals surface area contributed by atoms with E-state index in [9.17, 15) is 4.79 Å². The maximum Gasteiger partial charge on any atom is 0.257 e. The molecule has 3 aromatic rings. The molecule has 7 nitrogen and oxygen atoms in total. The number of H-pyrrole nitrogens is 1. The minimum Gasteiger partial charge on any atom is -0.497 e. The van der Waals surface area contributed by atoms with E-state index in [0.717, 1.165) is 30.1 Å². The van der Waals surface area contributed by atoms with Crippen LogP contribution < -0.4 is 14.4 Å². The first-order chi connectivity index (χ1) is 13.2. The molecule has 1 aliphatic rings. The van der Waals surface area contributed by atoms with E-state index >= 15 is 0 Å². The number of ether oxygens (including phenoxy) is 2. The number of hydrogen-bond donors (Lipinski definition) is 1. The van der Waals surface area contributed by atoms with Crippen molar-refractivity contribution >= 4 is 22.9 Å². The zero-order chi connectivity index (χ0) is 18.8. The predicted octanol–water partition coefficient (Wildman–Crippen LogP) is 2.54. The molecule has 27 heavy (non-hydrogen) atoms. The van der Waals surface area contributed by atoms with Gasteiger partial charge in [-0.1, -0.05) is 12.1 Å². The van der Waals surface area contributed by atoms with Crippen LogP contribution in [0.4, 0.5) is 5.95 Å². The largest absolute Gasteiger partial charge is 0.497 e. The van der Waals surface area contributed by atoms with Crippen molar-refractivity contribution < 1.29 is 14.3 Å². The molecule has 1 aromatic heterocycles. The smallest absolute Gasteiger partial charge is 0.257 e. The van der Waals surface area contributed by atoms with Crippen molar-refractivity contribution in [3.63, 3.8) is 0 Å². The van der Waals surface area contributed by atoms with Crippen LogP contribution >= 0.6 is 0 Å². The summed E-state index contributed by atoms with van der Waals surface area (Å²) in [5.74, 6) is 2.02. The molecule has 140 valence electrons. The van der Waals surface area contributed by atoms with E-state index in [-0.39, 0.29) is 5.91 Å². The van der Waals surface area contributed by atoms with Gasteiger partial charge in [-0.05, 0) is 24.3 Å². The first-order valence-corrected chi connectivity index (χ1v) is 8.90. The predicted molar refractivity (Wildman–Crippen MR) is 104 cm³/mol. The summed E-state index contributed by atoms with van der Waals surface area (Å²) in [5.41, 5.74) is 2.53. The molecular formula is C20H22N4O3. The van der Waals surface area contributed by atoms with Crippen LogP contribution in [0.5, 0.6) is 11.5 Å². The number of carbonyl (C=O) groups is 1. The fourth-order valence-electron chi connectivity index (χ4n) is 3.36. The highest BCUT2D eigenvalue weighted by molar-refractivity contribution is 5.97. The Labute approximate surface area is 157 Å². The van der Waals surface area contributed by atoms with Gasteiger partial charge in [0, 0.05) is 32.2 Å². The van der Waals surface area contributed by atoms with E-state index in [1.807, 2.05) is 29.2 Å². The SMILES string of the molecule is COc1ccc(C(=O)N2CCN(c3nc4ccccc4[nH]3)CC2)c(OC)c1. The van der Waals surface area contributed by atoms with Crippen LogP contribution in [0.15, 0.2) is 42.5 Å². The maximum atomic E-state index is 12.9. The van der Waals surface area contributed by atoms with E-state index in [1.165, 1.54) is 0 Å². The van der Waals surface area contributed by atoms with Crippen LogP contribution in [-0.4, -0.2) is 61.2 Å². The number of piperazine rings is 1. The Bertz CT molecular complexity index is 928. The zero-order valence-corrected chi connectivity index (χ0v) is 15.4. The minimum absolute atomic E-state index is 0.0289. The lowest BCUT2D eigenvalue weighted by Gasteiger charge is -2.34. The maximum absolute atomic E-state index is 12.9. The Hall–Kier alpha value is -3.22. The molecule has 0 bridgehead atoms. The number of aromatic nitrogens is 2. The monoisotopic (exact) mass is 366 g/mol. The van der Waals surface area contributed by atoms with Crippen LogP contribution in [0, 0.1) is 0 Å². The second-order valence-electron chi connectivity index (χ2n) is 6.42. The molecule has 0 atom stereocenters. The second-order valence-corrected chi connectivity index (χ2v) is 6.42. The van der Waals surface area contributed by atoms with E-state index in [4.69, 9.17) is 9.47 Å². The van der Waals surface area contributed by atoms with Crippen LogP contribution in [0.2, 0.25) is 0 Å². The normalized spacial score (nSPS) is 14.4. The van der Waals surface area contributed by atoms with Gasteiger partial charge in [-0.2, -0.15) is 0 Å². The Morgan fingerprint density at radius 1 is 1.04 bits per heavy atom. The molecule has 2 heterocycles. The molecule has 0 saturated carbocycles. The Morgan fingerprint density at radius 2 is 1.81 bits per heavy atom. The number of imidazole rings is 1. The van der Waals surface area contributed by atoms with Crippen LogP contribution in [0.25, 0.3) is 11.0 Å². The number of hydrogen-bond acceptors (Lipinski definition) is 5. The number of fused-ring (bicyclic) bond motifs is 1. The van der Waals surface area contributed by atoms with Gasteiger partial charge in [0.05, 0.1) is 30.8 Å². The van der Waals surface area contributed by atoms with Crippen molar-refractivity contribution in [3.8, 4) is 11.5 Å². The number of rotatable bonds is 4. The quantitative estimate of drug-likeness (QED) is 0.768. The summed E-state index contributed by atoms with van der Waals surface area (Å²) < 4.78 is 10.6. The van der Waals surface area contributed by atoms with Crippen molar-refractivity contribution in [2.75, 3.05) is 45.3 Å². The van der Waals surface area contributed by atoms with Gasteiger partial charge >= 0.3 is 0 Å². The number of nitrogens with one attached hydrogen (secondary N) is 1. The molecule has 2 aromatic carbocycles. The van der Waals surface area contributed by atoms with Gasteiger partial charge in [0.1, 0.15) is 11.5 Å². The number of amides is 1. The summed E-state index contributed by atoms with van der Waals surface area (Å²) in [4.78, 5) is 24.9. The number of benzene rings is 2. The van der Waals surface area contributed by atoms with Crippen molar-refractivity contribution in [1.82, 2.24) is 14.9 Å². The van der Waals surface area contributed by atoms with Gasteiger partial charge in [-0.3, -0.25) is 4.79 Å². The highest BCUT2D eigenvalue weighted by atomic mass is 16.5. The summed E-state index contributed by atoms with van der Waals surface area (Å²) in [5, 5.41) is 0. The summed E-state index contributed by atoms with van der Waals surface area (Å²) in [6.07, 6.45) is 0. The van der Waals surface area contributed by atoms with Crippen LogP contribution in [0.3, 0.4) is 0 Å². The molecule has 0 spiro atoms.